The minimum atomic E-state index is -0.192. The fraction of sp³-hybridized carbons (Fsp3) is 0.300. The summed E-state index contributed by atoms with van der Waals surface area (Å²) in [5.74, 6) is 0. The number of nitrogens with zero attached hydrogens (tertiary/aromatic N) is 2. The number of hydrogen-bond donors (Lipinski definition) is 2. The van der Waals surface area contributed by atoms with E-state index in [0.29, 0.717) is 18.3 Å². The minimum absolute atomic E-state index is 0.192. The topological polar surface area (TPSA) is 57.3 Å². The van der Waals surface area contributed by atoms with E-state index in [2.05, 4.69) is 38.9 Å². The van der Waals surface area contributed by atoms with Crippen molar-refractivity contribution >= 4 is 34.0 Å². The first-order valence-corrected chi connectivity index (χ1v) is 9.76. The van der Waals surface area contributed by atoms with Crippen molar-refractivity contribution in [3.63, 3.8) is 0 Å². The van der Waals surface area contributed by atoms with E-state index in [4.69, 9.17) is 0 Å². The highest BCUT2D eigenvalue weighted by atomic mass is 32.1. The van der Waals surface area contributed by atoms with E-state index in [1.54, 1.807) is 6.20 Å². The van der Waals surface area contributed by atoms with Gasteiger partial charge in [0, 0.05) is 35.9 Å². The Morgan fingerprint density at radius 3 is 3.15 bits per heavy atom. The molecule has 0 bridgehead atoms. The van der Waals surface area contributed by atoms with Crippen LogP contribution in [0.4, 0.5) is 10.5 Å². The number of fused-ring (bicyclic) bond motifs is 2. The molecule has 6 heteroatoms. The first-order valence-electron chi connectivity index (χ1n) is 8.88. The molecule has 2 aromatic heterocycles. The number of anilines is 1. The van der Waals surface area contributed by atoms with Crippen molar-refractivity contribution in [3.05, 3.63) is 58.4 Å². The Bertz CT molecular complexity index is 923. The molecular weight excluding hydrogens is 344 g/mol. The zero-order chi connectivity index (χ0) is 17.9. The predicted molar refractivity (Wildman–Crippen MR) is 107 cm³/mol. The van der Waals surface area contributed by atoms with Gasteiger partial charge < -0.3 is 10.6 Å². The number of nitrogens with one attached hydrogen (secondary N) is 2. The maximum atomic E-state index is 12.2. The number of rotatable bonds is 4. The third kappa shape index (κ3) is 3.71. The molecule has 3 aromatic rings. The van der Waals surface area contributed by atoms with Crippen LogP contribution >= 0.6 is 11.3 Å². The standard InChI is InChI=1S/C20H22N4OS/c1-14(24-8-6-19-16(13-24)7-9-26-19)11-22-20(25)23-17-10-15-4-2-3-5-18(15)21-12-17/h2-5,7,9-10,12,14H,6,8,11,13H2,1H3,(H2,22,23,25)/t14-/m1/s1. The predicted octanol–water partition coefficient (Wildman–Crippen LogP) is 3.86. The molecule has 2 N–H and O–H groups in total. The molecule has 0 radical (unpaired) electrons. The highest BCUT2D eigenvalue weighted by Crippen LogP contribution is 2.25. The lowest BCUT2D eigenvalue weighted by Crippen LogP contribution is -2.45. The van der Waals surface area contributed by atoms with Crippen LogP contribution < -0.4 is 10.6 Å². The van der Waals surface area contributed by atoms with Crippen molar-refractivity contribution in [1.82, 2.24) is 15.2 Å². The monoisotopic (exact) mass is 366 g/mol. The molecular formula is C20H22N4OS. The van der Waals surface area contributed by atoms with Gasteiger partial charge in [0.1, 0.15) is 0 Å². The molecule has 0 unspecified atom stereocenters. The number of carbonyl (C=O) groups excluding carboxylic acids is 1. The molecule has 0 fully saturated rings. The summed E-state index contributed by atoms with van der Waals surface area (Å²) in [5, 5.41) is 9.03. The lowest BCUT2D eigenvalue weighted by molar-refractivity contribution is 0.188. The molecule has 134 valence electrons. The molecule has 1 aliphatic rings. The van der Waals surface area contributed by atoms with E-state index in [9.17, 15) is 4.79 Å². The molecule has 3 heterocycles. The van der Waals surface area contributed by atoms with Crippen LogP contribution in [0, 0.1) is 0 Å². The fourth-order valence-corrected chi connectivity index (χ4v) is 4.22. The fourth-order valence-electron chi connectivity index (χ4n) is 3.33. The van der Waals surface area contributed by atoms with Crippen molar-refractivity contribution in [1.29, 1.82) is 0 Å². The molecule has 0 aliphatic carbocycles. The van der Waals surface area contributed by atoms with Gasteiger partial charge in [-0.2, -0.15) is 0 Å². The van der Waals surface area contributed by atoms with Crippen molar-refractivity contribution in [2.75, 3.05) is 18.4 Å². The van der Waals surface area contributed by atoms with Crippen LogP contribution in [0.1, 0.15) is 17.4 Å². The maximum absolute atomic E-state index is 12.2. The number of para-hydroxylation sites is 1. The average Bonchev–Trinajstić information content (AvgIpc) is 3.14. The third-order valence-corrected chi connectivity index (χ3v) is 5.89. The Balaban J connectivity index is 1.30. The van der Waals surface area contributed by atoms with Crippen LogP contribution in [-0.4, -0.2) is 35.0 Å². The van der Waals surface area contributed by atoms with Gasteiger partial charge in [0.05, 0.1) is 17.4 Å². The number of aromatic nitrogens is 1. The number of benzene rings is 1. The number of pyridine rings is 1. The normalized spacial score (nSPS) is 15.4. The quantitative estimate of drug-likeness (QED) is 0.737. The number of thiophene rings is 1. The summed E-state index contributed by atoms with van der Waals surface area (Å²) < 4.78 is 0. The number of urea groups is 1. The third-order valence-electron chi connectivity index (χ3n) is 4.87. The maximum Gasteiger partial charge on any atom is 0.319 e. The molecule has 1 atom stereocenters. The van der Waals surface area contributed by atoms with Crippen molar-refractivity contribution < 1.29 is 4.79 Å². The van der Waals surface area contributed by atoms with Gasteiger partial charge >= 0.3 is 6.03 Å². The molecule has 0 saturated heterocycles. The van der Waals surface area contributed by atoms with Gasteiger partial charge in [-0.15, -0.1) is 11.3 Å². The van der Waals surface area contributed by atoms with Gasteiger partial charge in [0.2, 0.25) is 0 Å². The molecule has 0 saturated carbocycles. The van der Waals surface area contributed by atoms with Crippen molar-refractivity contribution in [2.24, 2.45) is 0 Å². The second-order valence-corrected chi connectivity index (χ2v) is 7.69. The Hall–Kier alpha value is -2.44. The molecule has 26 heavy (non-hydrogen) atoms. The summed E-state index contributed by atoms with van der Waals surface area (Å²) in [7, 11) is 0. The molecule has 4 rings (SSSR count). The summed E-state index contributed by atoms with van der Waals surface area (Å²) in [6, 6.07) is 12.1. The van der Waals surface area contributed by atoms with E-state index in [-0.39, 0.29) is 6.03 Å². The van der Waals surface area contributed by atoms with Gasteiger partial charge in [-0.3, -0.25) is 9.88 Å². The van der Waals surface area contributed by atoms with Crippen molar-refractivity contribution in [3.8, 4) is 0 Å². The molecule has 0 spiro atoms. The van der Waals surface area contributed by atoms with Gasteiger partial charge in [0.15, 0.2) is 0 Å². The lowest BCUT2D eigenvalue weighted by atomic mass is 10.1. The smallest absolute Gasteiger partial charge is 0.319 e. The lowest BCUT2D eigenvalue weighted by Gasteiger charge is -2.32. The Morgan fingerprint density at radius 1 is 1.35 bits per heavy atom. The summed E-state index contributed by atoms with van der Waals surface area (Å²) in [6.07, 6.45) is 2.79. The van der Waals surface area contributed by atoms with E-state index in [1.807, 2.05) is 41.7 Å². The van der Waals surface area contributed by atoms with Crippen LogP contribution in [0.15, 0.2) is 48.0 Å². The van der Waals surface area contributed by atoms with E-state index >= 15 is 0 Å². The summed E-state index contributed by atoms with van der Waals surface area (Å²) >= 11 is 1.85. The minimum Gasteiger partial charge on any atom is -0.336 e. The van der Waals surface area contributed by atoms with Crippen LogP contribution in [0.25, 0.3) is 10.9 Å². The Labute approximate surface area is 157 Å². The number of amides is 2. The van der Waals surface area contributed by atoms with Gasteiger partial charge in [-0.1, -0.05) is 18.2 Å². The van der Waals surface area contributed by atoms with E-state index in [1.165, 1.54) is 10.4 Å². The average molecular weight is 366 g/mol. The SMILES string of the molecule is C[C@H](CNC(=O)Nc1cnc2ccccc2c1)N1CCc2sccc2C1. The molecule has 1 aromatic carbocycles. The first-order chi connectivity index (χ1) is 12.7. The molecule has 5 nitrogen and oxygen atoms in total. The molecule has 1 aliphatic heterocycles. The first kappa shape index (κ1) is 17.0. The van der Waals surface area contributed by atoms with Crippen LogP contribution in [0.5, 0.6) is 0 Å². The zero-order valence-corrected chi connectivity index (χ0v) is 15.6. The van der Waals surface area contributed by atoms with E-state index < -0.39 is 0 Å². The summed E-state index contributed by atoms with van der Waals surface area (Å²) in [4.78, 5) is 20.5. The summed E-state index contributed by atoms with van der Waals surface area (Å²) in [6.45, 7) is 4.80. The zero-order valence-electron chi connectivity index (χ0n) is 14.7. The van der Waals surface area contributed by atoms with Gasteiger partial charge in [0.25, 0.3) is 0 Å². The van der Waals surface area contributed by atoms with Crippen LogP contribution in [0.2, 0.25) is 0 Å². The Morgan fingerprint density at radius 2 is 2.23 bits per heavy atom. The largest absolute Gasteiger partial charge is 0.336 e. The second-order valence-electron chi connectivity index (χ2n) is 6.69. The number of hydrogen-bond acceptors (Lipinski definition) is 4. The second kappa shape index (κ2) is 7.43. The van der Waals surface area contributed by atoms with Gasteiger partial charge in [-0.05, 0) is 42.5 Å². The van der Waals surface area contributed by atoms with E-state index in [0.717, 1.165) is 30.4 Å². The van der Waals surface area contributed by atoms with Crippen LogP contribution in [-0.2, 0) is 13.0 Å². The summed E-state index contributed by atoms with van der Waals surface area (Å²) in [5.41, 5.74) is 3.06. The van der Waals surface area contributed by atoms with Gasteiger partial charge in [-0.25, -0.2) is 4.79 Å². The highest BCUT2D eigenvalue weighted by molar-refractivity contribution is 7.10. The number of carbonyl (C=O) groups is 1. The highest BCUT2D eigenvalue weighted by Gasteiger charge is 2.21. The van der Waals surface area contributed by atoms with Crippen molar-refractivity contribution in [2.45, 2.75) is 25.9 Å². The molecule has 2 amide bonds. The van der Waals surface area contributed by atoms with Crippen LogP contribution in [0.3, 0.4) is 0 Å². The Kier molecular flexibility index (Phi) is 4.86.